The van der Waals surface area contributed by atoms with Crippen molar-refractivity contribution in [1.82, 2.24) is 34.7 Å². The number of carbonyl (C=O) groups excluding carboxylic acids is 5. The van der Waals surface area contributed by atoms with E-state index in [0.717, 1.165) is 119 Å². The molecule has 0 radical (unpaired) electrons. The van der Waals surface area contributed by atoms with Crippen LogP contribution in [-0.2, 0) is 19.6 Å². The number of aromatic amines is 1. The van der Waals surface area contributed by atoms with Gasteiger partial charge >= 0.3 is 0 Å². The molecule has 21 nitrogen and oxygen atoms in total. The van der Waals surface area contributed by atoms with Crippen LogP contribution in [0.1, 0.15) is 121 Å². The van der Waals surface area contributed by atoms with Gasteiger partial charge < -0.3 is 30.2 Å². The van der Waals surface area contributed by atoms with Crippen LogP contribution in [0.3, 0.4) is 0 Å². The van der Waals surface area contributed by atoms with E-state index >= 15 is 0 Å². The topological polar surface area (TPSA) is 262 Å². The second kappa shape index (κ2) is 26.0. The first-order valence-electron chi connectivity index (χ1n) is 30.0. The number of anilines is 3. The van der Waals surface area contributed by atoms with Crippen LogP contribution in [0, 0.1) is 21.4 Å². The minimum absolute atomic E-state index is 0.0492. The van der Waals surface area contributed by atoms with Crippen molar-refractivity contribution in [2.75, 3.05) is 81.0 Å². The van der Waals surface area contributed by atoms with Crippen LogP contribution in [0.5, 0.6) is 11.5 Å². The zero-order chi connectivity index (χ0) is 61.0. The van der Waals surface area contributed by atoms with Crippen molar-refractivity contribution in [1.29, 1.82) is 0 Å². The maximum atomic E-state index is 14.2. The number of amides is 5. The van der Waals surface area contributed by atoms with Crippen LogP contribution in [0.25, 0.3) is 16.6 Å². The molecule has 87 heavy (non-hydrogen) atoms. The molecule has 5 amide bonds. The number of nitro benzene ring substituents is 1. The lowest BCUT2D eigenvalue weighted by Crippen LogP contribution is -2.54. The van der Waals surface area contributed by atoms with Crippen molar-refractivity contribution in [2.24, 2.45) is 11.3 Å². The summed E-state index contributed by atoms with van der Waals surface area (Å²) in [5.74, 6) is -2.53. The number of unbranched alkanes of at least 4 members (excludes halogenated alkanes) is 3. The molecular weight excluding hydrogens is 1150 g/mol. The number of hydrogen-bond acceptors (Lipinski definition) is 16. The molecule has 0 bridgehead atoms. The molecule has 3 fully saturated rings. The Labute approximate surface area is 510 Å². The Morgan fingerprint density at radius 3 is 2.46 bits per heavy atom. The zero-order valence-electron chi connectivity index (χ0n) is 48.9. The maximum Gasteiger partial charge on any atom is 0.293 e. The van der Waals surface area contributed by atoms with E-state index < -0.39 is 61.1 Å². The summed E-state index contributed by atoms with van der Waals surface area (Å²) in [7, 11) is -4.64. The Bertz CT molecular complexity index is 3790. The number of likely N-dealkylation sites (tertiary alicyclic amines) is 1. The Hall–Kier alpha value is -8.18. The van der Waals surface area contributed by atoms with Crippen molar-refractivity contribution in [3.63, 3.8) is 0 Å². The number of allylic oxidation sites excluding steroid dienone is 1. The average Bonchev–Trinajstić information content (AvgIpc) is 2.10. The van der Waals surface area contributed by atoms with Crippen LogP contribution in [0.15, 0.2) is 114 Å². The van der Waals surface area contributed by atoms with E-state index in [0.29, 0.717) is 48.3 Å². The molecule has 2 unspecified atom stereocenters. The summed E-state index contributed by atoms with van der Waals surface area (Å²) in [6.45, 7) is 12.1. The molecule has 11 rings (SSSR count). The number of piperidine rings is 2. The summed E-state index contributed by atoms with van der Waals surface area (Å²) < 4.78 is 36.6. The Morgan fingerprint density at radius 2 is 1.67 bits per heavy atom. The molecule has 456 valence electrons. The number of hydrogen-bond donors (Lipinski definition) is 5. The second-order valence-corrected chi connectivity index (χ2v) is 26.3. The fourth-order valence-corrected chi connectivity index (χ4v) is 13.8. The highest BCUT2D eigenvalue weighted by Gasteiger charge is 2.46. The fourth-order valence-electron chi connectivity index (χ4n) is 12.7. The highest BCUT2D eigenvalue weighted by molar-refractivity contribution is 7.90. The smallest absolute Gasteiger partial charge is 0.293 e. The van der Waals surface area contributed by atoms with Gasteiger partial charge in [-0.3, -0.25) is 49.2 Å². The summed E-state index contributed by atoms with van der Waals surface area (Å²) in [5.41, 5.74) is 6.36. The monoisotopic (exact) mass is 1220 g/mol. The predicted molar refractivity (Wildman–Crippen MR) is 333 cm³/mol. The number of rotatable bonds is 22. The maximum absolute atomic E-state index is 14.2. The van der Waals surface area contributed by atoms with E-state index in [1.807, 2.05) is 18.2 Å². The summed E-state index contributed by atoms with van der Waals surface area (Å²) in [6, 6.07) is 24.4. The third-order valence-electron chi connectivity index (χ3n) is 17.4. The quantitative estimate of drug-likeness (QED) is 0.0183. The number of pyridine rings is 1. The zero-order valence-corrected chi connectivity index (χ0v) is 50.4. The number of nitrogens with one attached hydrogen (secondary N) is 5. The van der Waals surface area contributed by atoms with Crippen molar-refractivity contribution in [2.45, 2.75) is 95.4 Å². The molecule has 0 saturated carbocycles. The van der Waals surface area contributed by atoms with Crippen LogP contribution < -0.4 is 30.3 Å². The number of H-pyrrole nitrogens is 1. The predicted octanol–water partition coefficient (Wildman–Crippen LogP) is 10.0. The number of fused-ring (bicyclic) bond motifs is 2. The number of nitro groups is 1. The van der Waals surface area contributed by atoms with Crippen LogP contribution in [-0.4, -0.2) is 139 Å². The largest absolute Gasteiger partial charge is 0.455 e. The van der Waals surface area contributed by atoms with E-state index in [1.165, 1.54) is 41.1 Å². The second-order valence-electron chi connectivity index (χ2n) is 24.1. The number of sulfonamides is 1. The standard InChI is InChI=1S/C64H72ClN11O10S/c1-64(2)24-22-44(51(36-64)42-12-14-45(65)15-13-42)40-73-29-31-74(32-30-73)46-16-18-49(56(34-46)86-47-33-43-23-26-67-59(43)69-38-47)60(78)71-87(84,85)48-17-19-52(55(35-48)76(82)83)68-37-41-9-8-28-72(39-41)27-6-4-3-5-25-66-53-11-7-10-50-58(53)63(81)75(62(50)80)54-20-21-57(77)70-61(54)79/h7,10-19,23,26,33-35,38,41,54,66,68H,3-6,8-9,20-22,24-25,27-32,36-37,39-40H2,1-2H3,(H,67,69)(H,71,78)(H,70,77,79). The van der Waals surface area contributed by atoms with E-state index in [4.69, 9.17) is 16.3 Å². The SMILES string of the molecule is CC1(C)CCC(CN2CCN(c3ccc(C(=O)NS(=O)(=O)c4ccc(NCC5CCCN(CCCCCCNc6cccc7c6C(=O)N(C6CCC(=O)NC6=O)C7=O)C5)c([N+](=O)[O-])c4)c(Oc4cnc5[nH]ccc5c4)c3)CC2)=C(c2ccc(Cl)cc2)C1. The van der Waals surface area contributed by atoms with Crippen molar-refractivity contribution < 1.29 is 42.1 Å². The number of nitrogens with zero attached hydrogens (tertiary/aromatic N) is 6. The van der Waals surface area contributed by atoms with Gasteiger partial charge in [0, 0.05) is 98.9 Å². The van der Waals surface area contributed by atoms with Gasteiger partial charge in [0.05, 0.1) is 32.7 Å². The van der Waals surface area contributed by atoms with Gasteiger partial charge in [-0.1, -0.05) is 62.1 Å². The molecular formula is C64H72ClN11O10S. The molecule has 5 N–H and O–H groups in total. The number of piperazine rings is 1. The third-order valence-corrected chi connectivity index (χ3v) is 19.0. The van der Waals surface area contributed by atoms with Gasteiger partial charge in [-0.05, 0) is 148 Å². The molecule has 3 saturated heterocycles. The molecule has 2 aromatic heterocycles. The lowest BCUT2D eigenvalue weighted by Gasteiger charge is -2.39. The van der Waals surface area contributed by atoms with Gasteiger partial charge in [0.2, 0.25) is 11.8 Å². The lowest BCUT2D eigenvalue weighted by molar-refractivity contribution is -0.384. The van der Waals surface area contributed by atoms with Gasteiger partial charge in [-0.25, -0.2) is 18.1 Å². The first-order valence-corrected chi connectivity index (χ1v) is 31.8. The Morgan fingerprint density at radius 1 is 0.862 bits per heavy atom. The van der Waals surface area contributed by atoms with Crippen molar-refractivity contribution >= 4 is 90.5 Å². The van der Waals surface area contributed by atoms with Crippen LogP contribution in [0.2, 0.25) is 5.02 Å². The summed E-state index contributed by atoms with van der Waals surface area (Å²) in [6.07, 6.45) is 12.1. The van der Waals surface area contributed by atoms with Crippen LogP contribution in [0.4, 0.5) is 22.7 Å². The normalized spacial score (nSPS) is 19.3. The van der Waals surface area contributed by atoms with Gasteiger partial charge in [0.1, 0.15) is 28.9 Å². The lowest BCUT2D eigenvalue weighted by atomic mass is 9.72. The minimum Gasteiger partial charge on any atom is -0.455 e. The molecule has 0 spiro atoms. The van der Waals surface area contributed by atoms with Gasteiger partial charge in [0.25, 0.3) is 33.4 Å². The first kappa shape index (κ1) is 60.5. The molecule has 6 aromatic rings. The Balaban J connectivity index is 0.677. The number of benzene rings is 4. The summed E-state index contributed by atoms with van der Waals surface area (Å²) in [5, 5.41) is 22.8. The van der Waals surface area contributed by atoms with Crippen molar-refractivity contribution in [3.05, 3.63) is 146 Å². The van der Waals surface area contributed by atoms with E-state index in [1.54, 1.807) is 42.6 Å². The third kappa shape index (κ3) is 14.0. The van der Waals surface area contributed by atoms with Crippen LogP contribution >= 0.6 is 11.6 Å². The molecule has 2 atom stereocenters. The highest BCUT2D eigenvalue weighted by Crippen LogP contribution is 2.44. The molecule has 6 heterocycles. The molecule has 23 heteroatoms. The summed E-state index contributed by atoms with van der Waals surface area (Å²) >= 11 is 6.27. The Kier molecular flexibility index (Phi) is 18.1. The number of carbonyl (C=O) groups is 5. The highest BCUT2D eigenvalue weighted by atomic mass is 35.5. The average molecular weight is 1220 g/mol. The number of aromatic nitrogens is 2. The van der Waals surface area contributed by atoms with E-state index in [2.05, 4.69) is 71.3 Å². The van der Waals surface area contributed by atoms with Gasteiger partial charge in [-0.2, -0.15) is 0 Å². The molecule has 1 aliphatic carbocycles. The number of ether oxygens (including phenoxy) is 1. The summed E-state index contributed by atoms with van der Waals surface area (Å²) in [4.78, 5) is 92.1. The van der Waals surface area contributed by atoms with Gasteiger partial charge in [-0.15, -0.1) is 0 Å². The molecule has 4 aliphatic heterocycles. The minimum atomic E-state index is -4.64. The molecule has 5 aliphatic rings. The van der Waals surface area contributed by atoms with E-state index in [-0.39, 0.29) is 52.3 Å². The molecule has 4 aromatic carbocycles. The fraction of sp³-hybridized carbons (Fsp3) is 0.406. The number of halogens is 1. The van der Waals surface area contributed by atoms with Gasteiger partial charge in [0.15, 0.2) is 0 Å². The first-order chi connectivity index (χ1) is 41.9. The van der Waals surface area contributed by atoms with Crippen molar-refractivity contribution in [3.8, 4) is 11.5 Å². The van der Waals surface area contributed by atoms with E-state index in [9.17, 15) is 42.5 Å². The number of imide groups is 2.